The summed E-state index contributed by atoms with van der Waals surface area (Å²) in [7, 11) is 1.57. The van der Waals surface area contributed by atoms with Crippen LogP contribution in [0.15, 0.2) is 98.5 Å². The van der Waals surface area contributed by atoms with Crippen molar-refractivity contribution in [2.24, 2.45) is 4.99 Å². The molecule has 1 atom stereocenters. The topological polar surface area (TPSA) is 118 Å². The van der Waals surface area contributed by atoms with Gasteiger partial charge in [-0.25, -0.2) is 9.79 Å². The second-order valence-corrected chi connectivity index (χ2v) is 12.2. The second-order valence-electron chi connectivity index (χ2n) is 10.3. The van der Waals surface area contributed by atoms with E-state index in [0.717, 1.165) is 22.0 Å². The van der Waals surface area contributed by atoms with Gasteiger partial charge in [-0.15, -0.1) is 0 Å². The van der Waals surface area contributed by atoms with Crippen LogP contribution in [0.3, 0.4) is 0 Å². The number of carbonyl (C=O) groups is 1. The van der Waals surface area contributed by atoms with Gasteiger partial charge in [0.2, 0.25) is 0 Å². The molecule has 0 aliphatic carbocycles. The molecule has 0 spiro atoms. The Morgan fingerprint density at radius 2 is 1.91 bits per heavy atom. The predicted octanol–water partition coefficient (Wildman–Crippen LogP) is 5.48. The Balaban J connectivity index is 1.49. The van der Waals surface area contributed by atoms with Crippen molar-refractivity contribution >= 4 is 55.9 Å². The van der Waals surface area contributed by atoms with E-state index < -0.39 is 16.9 Å². The van der Waals surface area contributed by atoms with Crippen LogP contribution in [0.1, 0.15) is 36.6 Å². The number of nitro groups is 1. The molecule has 0 unspecified atom stereocenters. The monoisotopic (exact) mass is 686 g/mol. The molecular weight excluding hydrogens is 660 g/mol. The number of hydrogen-bond acceptors (Lipinski definition) is 8. The van der Waals surface area contributed by atoms with Crippen LogP contribution in [0.2, 0.25) is 0 Å². The van der Waals surface area contributed by atoms with E-state index in [1.54, 1.807) is 43.7 Å². The average Bonchev–Trinajstić information content (AvgIpc) is 3.52. The lowest BCUT2D eigenvalue weighted by atomic mass is 9.96. The van der Waals surface area contributed by atoms with E-state index >= 15 is 0 Å². The Labute approximate surface area is 269 Å². The second kappa shape index (κ2) is 12.3. The number of nitro benzene ring substituents is 1. The smallest absolute Gasteiger partial charge is 0.338 e. The highest BCUT2D eigenvalue weighted by molar-refractivity contribution is 9.10. The lowest BCUT2D eigenvalue weighted by Gasteiger charge is -2.25. The first-order valence-electron chi connectivity index (χ1n) is 14.0. The summed E-state index contributed by atoms with van der Waals surface area (Å²) in [5.41, 5.74) is 3.93. The highest BCUT2D eigenvalue weighted by Gasteiger charge is 2.33. The van der Waals surface area contributed by atoms with Crippen LogP contribution >= 0.6 is 27.3 Å². The number of carbonyl (C=O) groups excluding carboxylic acids is 1. The molecular formula is C33H27BrN4O6S. The lowest BCUT2D eigenvalue weighted by Crippen LogP contribution is -2.39. The standard InChI is InChI=1S/C33H27BrN4O6S/c1-4-44-32(40)29-19(2)35-33-37(30(29)21-11-14-27(43-3)25(34)15-21)31(39)28(45-33)16-22-18-36(26-8-6-5-7-24(22)26)17-20-9-12-23(13-10-20)38(41)42/h5-16,18,30H,4,17H2,1-3H3/b28-16+/t30-/m1/s1. The number of halogens is 1. The number of para-hydroxylation sites is 1. The van der Waals surface area contributed by atoms with Gasteiger partial charge in [-0.05, 0) is 65.2 Å². The fourth-order valence-corrected chi connectivity index (χ4v) is 7.14. The van der Waals surface area contributed by atoms with Crippen molar-refractivity contribution < 1.29 is 19.2 Å². The number of ether oxygens (including phenoxy) is 2. The molecule has 1 aliphatic rings. The number of non-ortho nitro benzene ring substituents is 1. The van der Waals surface area contributed by atoms with Gasteiger partial charge in [0, 0.05) is 41.3 Å². The Bertz CT molecular complexity index is 2200. The zero-order chi connectivity index (χ0) is 31.8. The van der Waals surface area contributed by atoms with E-state index in [2.05, 4.69) is 25.5 Å². The van der Waals surface area contributed by atoms with Gasteiger partial charge in [0.05, 0.1) is 45.0 Å². The third-order valence-electron chi connectivity index (χ3n) is 7.61. The molecule has 3 heterocycles. The summed E-state index contributed by atoms with van der Waals surface area (Å²) in [6.07, 6.45) is 3.82. The average molecular weight is 688 g/mol. The van der Waals surface area contributed by atoms with Gasteiger partial charge in [-0.2, -0.15) is 0 Å². The van der Waals surface area contributed by atoms with Gasteiger partial charge in [-0.3, -0.25) is 19.5 Å². The van der Waals surface area contributed by atoms with Gasteiger partial charge in [0.25, 0.3) is 11.2 Å². The van der Waals surface area contributed by atoms with E-state index in [4.69, 9.17) is 9.47 Å². The number of allylic oxidation sites excluding steroid dienone is 1. The summed E-state index contributed by atoms with van der Waals surface area (Å²) in [5.74, 6) is 0.0916. The number of hydrogen-bond donors (Lipinski definition) is 0. The number of thiazole rings is 1. The molecule has 0 radical (unpaired) electrons. The van der Waals surface area contributed by atoms with Crippen molar-refractivity contribution in [3.63, 3.8) is 0 Å². The Kier molecular flexibility index (Phi) is 8.26. The summed E-state index contributed by atoms with van der Waals surface area (Å²) in [4.78, 5) is 43.2. The van der Waals surface area contributed by atoms with Crippen LogP contribution in [0.25, 0.3) is 17.0 Å². The van der Waals surface area contributed by atoms with Crippen LogP contribution in [0.5, 0.6) is 5.75 Å². The minimum Gasteiger partial charge on any atom is -0.496 e. The van der Waals surface area contributed by atoms with E-state index in [-0.39, 0.29) is 17.9 Å². The summed E-state index contributed by atoms with van der Waals surface area (Å²) >= 11 is 4.80. The van der Waals surface area contributed by atoms with Gasteiger partial charge < -0.3 is 14.0 Å². The molecule has 5 aromatic rings. The van der Waals surface area contributed by atoms with Crippen molar-refractivity contribution in [3.05, 3.63) is 135 Å². The normalized spacial score (nSPS) is 14.8. The summed E-state index contributed by atoms with van der Waals surface area (Å²) < 4.78 is 15.6. The minimum atomic E-state index is -0.756. The minimum absolute atomic E-state index is 0.0360. The van der Waals surface area contributed by atoms with Crippen molar-refractivity contribution in [2.75, 3.05) is 13.7 Å². The molecule has 10 nitrogen and oxygen atoms in total. The van der Waals surface area contributed by atoms with E-state index in [1.807, 2.05) is 48.7 Å². The number of benzene rings is 3. The molecule has 2 aromatic heterocycles. The molecule has 0 saturated heterocycles. The Hall–Kier alpha value is -4.81. The molecule has 0 N–H and O–H groups in total. The van der Waals surface area contributed by atoms with Crippen molar-refractivity contribution in [1.29, 1.82) is 0 Å². The molecule has 0 amide bonds. The molecule has 45 heavy (non-hydrogen) atoms. The maximum Gasteiger partial charge on any atom is 0.338 e. The fraction of sp³-hybridized carbons (Fsp3) is 0.182. The van der Waals surface area contributed by atoms with Crippen LogP contribution in [0, 0.1) is 10.1 Å². The highest BCUT2D eigenvalue weighted by Crippen LogP contribution is 2.35. The summed E-state index contributed by atoms with van der Waals surface area (Å²) in [6.45, 7) is 4.16. The van der Waals surface area contributed by atoms with Crippen LogP contribution in [-0.4, -0.2) is 33.7 Å². The van der Waals surface area contributed by atoms with E-state index in [1.165, 1.54) is 23.5 Å². The quantitative estimate of drug-likeness (QED) is 0.121. The number of fused-ring (bicyclic) bond motifs is 2. The maximum atomic E-state index is 14.2. The maximum absolute atomic E-state index is 14.2. The largest absolute Gasteiger partial charge is 0.496 e. The van der Waals surface area contributed by atoms with Crippen molar-refractivity contribution in [1.82, 2.24) is 9.13 Å². The highest BCUT2D eigenvalue weighted by atomic mass is 79.9. The van der Waals surface area contributed by atoms with Crippen LogP contribution < -0.4 is 19.6 Å². The summed E-state index contributed by atoms with van der Waals surface area (Å²) in [5, 5.41) is 12.0. The van der Waals surface area contributed by atoms with Gasteiger partial charge in [0.15, 0.2) is 4.80 Å². The predicted molar refractivity (Wildman–Crippen MR) is 175 cm³/mol. The first kappa shape index (κ1) is 30.2. The lowest BCUT2D eigenvalue weighted by molar-refractivity contribution is -0.384. The zero-order valence-electron chi connectivity index (χ0n) is 24.5. The number of esters is 1. The molecule has 0 fully saturated rings. The third-order valence-corrected chi connectivity index (χ3v) is 9.22. The fourth-order valence-electron chi connectivity index (χ4n) is 5.54. The third kappa shape index (κ3) is 5.62. The zero-order valence-corrected chi connectivity index (χ0v) is 26.9. The number of aromatic nitrogens is 2. The Morgan fingerprint density at radius 3 is 2.60 bits per heavy atom. The first-order chi connectivity index (χ1) is 21.7. The number of rotatable bonds is 8. The van der Waals surface area contributed by atoms with Crippen LogP contribution in [-0.2, 0) is 16.1 Å². The van der Waals surface area contributed by atoms with Crippen LogP contribution in [0.4, 0.5) is 5.69 Å². The Morgan fingerprint density at radius 1 is 1.16 bits per heavy atom. The molecule has 228 valence electrons. The van der Waals surface area contributed by atoms with E-state index in [0.29, 0.717) is 42.9 Å². The van der Waals surface area contributed by atoms with E-state index in [9.17, 15) is 19.7 Å². The first-order valence-corrected chi connectivity index (χ1v) is 15.7. The molecule has 0 bridgehead atoms. The number of nitrogens with zero attached hydrogens (tertiary/aromatic N) is 4. The summed E-state index contributed by atoms with van der Waals surface area (Å²) in [6, 6.07) is 19.0. The molecule has 12 heteroatoms. The van der Waals surface area contributed by atoms with Crippen molar-refractivity contribution in [2.45, 2.75) is 26.4 Å². The molecule has 0 saturated carbocycles. The van der Waals surface area contributed by atoms with Gasteiger partial charge in [-0.1, -0.05) is 47.7 Å². The molecule has 6 rings (SSSR count). The van der Waals surface area contributed by atoms with Gasteiger partial charge in [0.1, 0.15) is 5.75 Å². The SMILES string of the molecule is CCOC(=O)C1=C(C)N=c2s/c(=C/c3cn(Cc4ccc([N+](=O)[O-])cc4)c4ccccc34)c(=O)n2[C@@H]1c1ccc(OC)c(Br)c1. The number of methoxy groups -OCH3 is 1. The molecule has 3 aromatic carbocycles. The molecule has 1 aliphatic heterocycles. The van der Waals surface area contributed by atoms with Gasteiger partial charge >= 0.3 is 5.97 Å². The van der Waals surface area contributed by atoms with Crippen molar-refractivity contribution in [3.8, 4) is 5.75 Å².